The van der Waals surface area contributed by atoms with E-state index in [1.807, 2.05) is 0 Å². The molecule has 1 fully saturated rings. The number of anilines is 1. The van der Waals surface area contributed by atoms with Gasteiger partial charge in [-0.25, -0.2) is 12.8 Å². The van der Waals surface area contributed by atoms with Crippen LogP contribution in [0, 0.1) is 11.7 Å². The summed E-state index contributed by atoms with van der Waals surface area (Å²) in [6.45, 7) is 4.36. The maximum atomic E-state index is 13.9. The molecule has 1 saturated heterocycles. The van der Waals surface area contributed by atoms with Crippen molar-refractivity contribution in [2.24, 2.45) is 5.92 Å². The van der Waals surface area contributed by atoms with Crippen molar-refractivity contribution in [1.29, 1.82) is 0 Å². The molecule has 1 aliphatic heterocycles. The maximum Gasteiger partial charge on any atom is 0.324 e. The Kier molecular flexibility index (Phi) is 7.10. The summed E-state index contributed by atoms with van der Waals surface area (Å²) in [5.41, 5.74) is 0. The predicted octanol–water partition coefficient (Wildman–Crippen LogP) is 3.64. The van der Waals surface area contributed by atoms with Crippen molar-refractivity contribution in [3.05, 3.63) is 29.8 Å². The molecule has 1 aliphatic rings. The van der Waals surface area contributed by atoms with Gasteiger partial charge in [-0.1, -0.05) is 12.1 Å². The van der Waals surface area contributed by atoms with Crippen molar-refractivity contribution in [3.8, 4) is 5.75 Å². The summed E-state index contributed by atoms with van der Waals surface area (Å²) in [5, 5.41) is 4.01. The lowest BCUT2D eigenvalue weighted by molar-refractivity contribution is 0.275. The van der Waals surface area contributed by atoms with Crippen LogP contribution in [-0.2, 0) is 16.3 Å². The van der Waals surface area contributed by atoms with Crippen LogP contribution in [0.15, 0.2) is 27.6 Å². The molecule has 0 atom stereocenters. The maximum absolute atomic E-state index is 13.9. The van der Waals surface area contributed by atoms with Crippen LogP contribution in [0.25, 0.3) is 0 Å². The zero-order valence-corrected chi connectivity index (χ0v) is 17.8. The largest absolute Gasteiger partial charge is 0.493 e. The van der Waals surface area contributed by atoms with Crippen LogP contribution < -0.4 is 9.64 Å². The van der Waals surface area contributed by atoms with Crippen molar-refractivity contribution in [2.45, 2.75) is 50.3 Å². The molecule has 2 aromatic rings. The Morgan fingerprint density at radius 3 is 2.72 bits per heavy atom. The fraction of sp³-hybridized carbons (Fsp3) is 0.600. The van der Waals surface area contributed by atoms with Crippen LogP contribution in [0.1, 0.15) is 44.9 Å². The quantitative estimate of drug-likeness (QED) is 0.567. The van der Waals surface area contributed by atoms with E-state index in [0.29, 0.717) is 24.3 Å². The molecule has 0 aliphatic carbocycles. The Morgan fingerprint density at radius 2 is 2.07 bits per heavy atom. The van der Waals surface area contributed by atoms with E-state index >= 15 is 0 Å². The second kappa shape index (κ2) is 9.56. The van der Waals surface area contributed by atoms with Gasteiger partial charge in [-0.15, -0.1) is 0 Å². The number of rotatable bonds is 9. The molecule has 160 valence electrons. The van der Waals surface area contributed by atoms with Gasteiger partial charge >= 0.3 is 6.01 Å². The number of sulfone groups is 1. The van der Waals surface area contributed by atoms with E-state index in [1.165, 1.54) is 12.1 Å². The van der Waals surface area contributed by atoms with Crippen molar-refractivity contribution in [1.82, 2.24) is 10.1 Å². The van der Waals surface area contributed by atoms with Crippen LogP contribution in [0.4, 0.5) is 10.4 Å². The number of piperidine rings is 1. The molecule has 0 N–H and O–H groups in total. The van der Waals surface area contributed by atoms with Gasteiger partial charge in [0.05, 0.1) is 6.61 Å². The standard InChI is InChI=1S/C20H28FN3O4S/c1-3-5-19-22-20(28-23-19)24-11-9-15(10-12-24)6-4-13-27-16-7-8-18(17(21)14-16)29(2,25)26/h7-8,14-15H,3-6,9-13H2,1-2H3. The highest BCUT2D eigenvalue weighted by atomic mass is 32.2. The smallest absolute Gasteiger partial charge is 0.324 e. The number of nitrogens with zero attached hydrogens (tertiary/aromatic N) is 3. The average Bonchev–Trinajstić information content (AvgIpc) is 3.14. The highest BCUT2D eigenvalue weighted by molar-refractivity contribution is 7.90. The predicted molar refractivity (Wildman–Crippen MR) is 107 cm³/mol. The summed E-state index contributed by atoms with van der Waals surface area (Å²) >= 11 is 0. The molecule has 0 spiro atoms. The first-order valence-corrected chi connectivity index (χ1v) is 12.0. The number of halogens is 1. The van der Waals surface area contributed by atoms with E-state index in [2.05, 4.69) is 22.0 Å². The molecule has 9 heteroatoms. The Labute approximate surface area is 171 Å². The molecule has 0 bridgehead atoms. The second-order valence-electron chi connectivity index (χ2n) is 7.53. The Bertz CT molecular complexity index is 908. The molecule has 3 rings (SSSR count). The van der Waals surface area contributed by atoms with Crippen LogP contribution >= 0.6 is 0 Å². The third-order valence-corrected chi connectivity index (χ3v) is 6.27. The number of hydrogen-bond acceptors (Lipinski definition) is 7. The van der Waals surface area contributed by atoms with Gasteiger partial charge in [0.1, 0.15) is 16.5 Å². The molecular formula is C20H28FN3O4S. The van der Waals surface area contributed by atoms with E-state index in [9.17, 15) is 12.8 Å². The normalized spacial score (nSPS) is 15.6. The molecule has 7 nitrogen and oxygen atoms in total. The number of ether oxygens (including phenoxy) is 1. The lowest BCUT2D eigenvalue weighted by atomic mass is 9.92. The van der Waals surface area contributed by atoms with Crippen molar-refractivity contribution in [2.75, 3.05) is 30.9 Å². The Hall–Kier alpha value is -2.16. The highest BCUT2D eigenvalue weighted by Gasteiger charge is 2.23. The molecular weight excluding hydrogens is 397 g/mol. The first kappa shape index (κ1) is 21.5. The van der Waals surface area contributed by atoms with Crippen LogP contribution in [0.3, 0.4) is 0 Å². The SMILES string of the molecule is CCCc1noc(N2CCC(CCCOc3ccc(S(C)(=O)=O)c(F)c3)CC2)n1. The first-order chi connectivity index (χ1) is 13.9. The fourth-order valence-electron chi connectivity index (χ4n) is 3.55. The third kappa shape index (κ3) is 5.91. The molecule has 0 saturated carbocycles. The minimum atomic E-state index is -3.57. The van der Waals surface area contributed by atoms with Crippen LogP contribution in [0.2, 0.25) is 0 Å². The number of aromatic nitrogens is 2. The monoisotopic (exact) mass is 425 g/mol. The Morgan fingerprint density at radius 1 is 1.31 bits per heavy atom. The number of hydrogen-bond donors (Lipinski definition) is 0. The van der Waals surface area contributed by atoms with Crippen molar-refractivity contribution in [3.63, 3.8) is 0 Å². The molecule has 0 unspecified atom stereocenters. The van der Waals surface area contributed by atoms with E-state index < -0.39 is 15.7 Å². The van der Waals surface area contributed by atoms with Gasteiger partial charge in [-0.2, -0.15) is 4.98 Å². The zero-order chi connectivity index (χ0) is 20.9. The lowest BCUT2D eigenvalue weighted by Gasteiger charge is -2.30. The van der Waals surface area contributed by atoms with Gasteiger partial charge in [0.25, 0.3) is 0 Å². The first-order valence-electron chi connectivity index (χ1n) is 10.1. The summed E-state index contributed by atoms with van der Waals surface area (Å²) in [6, 6.07) is 4.50. The van der Waals surface area contributed by atoms with Crippen LogP contribution in [-0.4, -0.2) is 44.5 Å². The van der Waals surface area contributed by atoms with Gasteiger partial charge in [0.2, 0.25) is 0 Å². The summed E-state index contributed by atoms with van der Waals surface area (Å²) in [4.78, 5) is 6.28. The molecule has 2 heterocycles. The topological polar surface area (TPSA) is 85.5 Å². The van der Waals surface area contributed by atoms with E-state index in [1.54, 1.807) is 0 Å². The number of aryl methyl sites for hydroxylation is 1. The van der Waals surface area contributed by atoms with E-state index in [-0.39, 0.29) is 4.90 Å². The summed E-state index contributed by atoms with van der Waals surface area (Å²) in [7, 11) is -3.57. The zero-order valence-electron chi connectivity index (χ0n) is 16.9. The average molecular weight is 426 g/mol. The van der Waals surface area contributed by atoms with Gasteiger partial charge in [-0.05, 0) is 50.2 Å². The minimum absolute atomic E-state index is 0.306. The highest BCUT2D eigenvalue weighted by Crippen LogP contribution is 2.26. The molecule has 1 aromatic heterocycles. The van der Waals surface area contributed by atoms with Gasteiger partial charge in [0.15, 0.2) is 15.7 Å². The summed E-state index contributed by atoms with van der Waals surface area (Å²) in [6.07, 6.45) is 6.83. The molecule has 1 aromatic carbocycles. The van der Waals surface area contributed by atoms with Crippen molar-refractivity contribution >= 4 is 15.9 Å². The number of benzene rings is 1. The minimum Gasteiger partial charge on any atom is -0.493 e. The third-order valence-electron chi connectivity index (χ3n) is 5.14. The van der Waals surface area contributed by atoms with Crippen molar-refractivity contribution < 1.29 is 22.1 Å². The molecule has 0 radical (unpaired) electrons. The fourth-order valence-corrected chi connectivity index (χ4v) is 4.27. The Balaban J connectivity index is 1.38. The summed E-state index contributed by atoms with van der Waals surface area (Å²) in [5.74, 6) is 0.949. The lowest BCUT2D eigenvalue weighted by Crippen LogP contribution is -2.34. The molecule has 0 amide bonds. The second-order valence-corrected chi connectivity index (χ2v) is 9.51. The van der Waals surface area contributed by atoms with Crippen LogP contribution in [0.5, 0.6) is 5.75 Å². The van der Waals surface area contributed by atoms with E-state index in [0.717, 1.165) is 69.8 Å². The van der Waals surface area contributed by atoms with E-state index in [4.69, 9.17) is 9.26 Å². The van der Waals surface area contributed by atoms with Gasteiger partial charge < -0.3 is 14.2 Å². The van der Waals surface area contributed by atoms with Gasteiger partial charge in [0, 0.05) is 31.8 Å². The summed E-state index contributed by atoms with van der Waals surface area (Å²) < 4.78 is 47.7. The van der Waals surface area contributed by atoms with Gasteiger partial charge in [-0.3, -0.25) is 0 Å². The molecule has 29 heavy (non-hydrogen) atoms.